The number of hydrogen-bond donors (Lipinski definition) is 1. The Labute approximate surface area is 163 Å². The summed E-state index contributed by atoms with van der Waals surface area (Å²) in [4.78, 5) is 19.2. The standard InChI is InChI=1S/C22H20ClN3O/c23-19-7-5-16(6-8-19)9-12-25-22(27)18-10-13-24-21(15-18)26-14-11-17-3-1-2-4-20(17)26/h1-8,10,13,15H,9,11-12,14H2,(H,25,27). The minimum atomic E-state index is -0.0832. The fraction of sp³-hybridized carbons (Fsp3) is 0.182. The summed E-state index contributed by atoms with van der Waals surface area (Å²) in [5.41, 5.74) is 4.26. The Balaban J connectivity index is 1.41. The number of halogens is 1. The van der Waals surface area contributed by atoms with Crippen molar-refractivity contribution in [3.63, 3.8) is 0 Å². The summed E-state index contributed by atoms with van der Waals surface area (Å²) in [6, 6.07) is 19.6. The number of anilines is 2. The molecule has 0 saturated carbocycles. The van der Waals surface area contributed by atoms with E-state index >= 15 is 0 Å². The van der Waals surface area contributed by atoms with Crippen molar-refractivity contribution in [2.75, 3.05) is 18.0 Å². The van der Waals surface area contributed by atoms with Crippen LogP contribution in [0.4, 0.5) is 11.5 Å². The molecule has 1 N–H and O–H groups in total. The van der Waals surface area contributed by atoms with Crippen molar-refractivity contribution in [3.05, 3.63) is 88.6 Å². The van der Waals surface area contributed by atoms with Crippen LogP contribution in [0.1, 0.15) is 21.5 Å². The summed E-state index contributed by atoms with van der Waals surface area (Å²) in [5.74, 6) is 0.727. The number of pyridine rings is 1. The van der Waals surface area contributed by atoms with Crippen molar-refractivity contribution in [1.82, 2.24) is 10.3 Å². The molecule has 0 unspecified atom stereocenters. The van der Waals surface area contributed by atoms with Gasteiger partial charge >= 0.3 is 0 Å². The molecule has 3 aromatic rings. The maximum Gasteiger partial charge on any atom is 0.251 e. The normalized spacial score (nSPS) is 12.7. The maximum atomic E-state index is 12.5. The van der Waals surface area contributed by atoms with Crippen molar-refractivity contribution < 1.29 is 4.79 Å². The first-order chi connectivity index (χ1) is 13.2. The molecular weight excluding hydrogens is 358 g/mol. The number of nitrogens with zero attached hydrogens (tertiary/aromatic N) is 2. The van der Waals surface area contributed by atoms with E-state index in [9.17, 15) is 4.79 Å². The first-order valence-electron chi connectivity index (χ1n) is 9.05. The summed E-state index contributed by atoms with van der Waals surface area (Å²) >= 11 is 5.90. The van der Waals surface area contributed by atoms with Crippen molar-refractivity contribution in [2.45, 2.75) is 12.8 Å². The molecule has 2 aromatic carbocycles. The van der Waals surface area contributed by atoms with Gasteiger partial charge in [-0.15, -0.1) is 0 Å². The highest BCUT2D eigenvalue weighted by Crippen LogP contribution is 2.33. The van der Waals surface area contributed by atoms with Crippen molar-refractivity contribution in [3.8, 4) is 0 Å². The van der Waals surface area contributed by atoms with Gasteiger partial charge in [0.15, 0.2) is 0 Å². The van der Waals surface area contributed by atoms with Gasteiger partial charge in [-0.2, -0.15) is 0 Å². The van der Waals surface area contributed by atoms with E-state index in [0.717, 1.165) is 35.8 Å². The van der Waals surface area contributed by atoms with E-state index in [0.29, 0.717) is 12.1 Å². The van der Waals surface area contributed by atoms with Gasteiger partial charge in [-0.25, -0.2) is 4.98 Å². The number of nitrogens with one attached hydrogen (secondary N) is 1. The second-order valence-electron chi connectivity index (χ2n) is 6.57. The molecule has 136 valence electrons. The Hall–Kier alpha value is -2.85. The van der Waals surface area contributed by atoms with E-state index in [-0.39, 0.29) is 5.91 Å². The molecule has 0 atom stereocenters. The van der Waals surface area contributed by atoms with Gasteiger partial charge in [-0.3, -0.25) is 4.79 Å². The highest BCUT2D eigenvalue weighted by atomic mass is 35.5. The Morgan fingerprint density at radius 2 is 1.93 bits per heavy atom. The number of carbonyl (C=O) groups excluding carboxylic acids is 1. The average Bonchev–Trinajstić information content (AvgIpc) is 3.14. The molecule has 2 heterocycles. The van der Waals surface area contributed by atoms with E-state index in [1.807, 2.05) is 36.4 Å². The summed E-state index contributed by atoms with van der Waals surface area (Å²) in [5, 5.41) is 3.70. The van der Waals surface area contributed by atoms with Crippen LogP contribution < -0.4 is 10.2 Å². The molecule has 5 heteroatoms. The molecule has 1 aromatic heterocycles. The smallest absolute Gasteiger partial charge is 0.251 e. The number of amides is 1. The second kappa shape index (κ2) is 7.80. The molecule has 0 fully saturated rings. The molecule has 0 radical (unpaired) electrons. The lowest BCUT2D eigenvalue weighted by atomic mass is 10.1. The van der Waals surface area contributed by atoms with E-state index in [4.69, 9.17) is 11.6 Å². The van der Waals surface area contributed by atoms with E-state index in [1.54, 1.807) is 12.3 Å². The lowest BCUT2D eigenvalue weighted by molar-refractivity contribution is 0.0954. The van der Waals surface area contributed by atoms with Crippen molar-refractivity contribution in [1.29, 1.82) is 0 Å². The van der Waals surface area contributed by atoms with Crippen LogP contribution in [0, 0.1) is 0 Å². The third kappa shape index (κ3) is 3.96. The third-order valence-corrected chi connectivity index (χ3v) is 5.04. The number of benzene rings is 2. The maximum absolute atomic E-state index is 12.5. The largest absolute Gasteiger partial charge is 0.352 e. The zero-order valence-electron chi connectivity index (χ0n) is 14.9. The van der Waals surface area contributed by atoms with Crippen LogP contribution in [0.15, 0.2) is 66.9 Å². The van der Waals surface area contributed by atoms with E-state index < -0.39 is 0 Å². The quantitative estimate of drug-likeness (QED) is 0.716. The van der Waals surface area contributed by atoms with Gasteiger partial charge < -0.3 is 10.2 Å². The van der Waals surface area contributed by atoms with Gasteiger partial charge in [0.05, 0.1) is 0 Å². The molecule has 4 rings (SSSR count). The van der Waals surface area contributed by atoms with Gasteiger partial charge in [0.2, 0.25) is 0 Å². The summed E-state index contributed by atoms with van der Waals surface area (Å²) < 4.78 is 0. The number of fused-ring (bicyclic) bond motifs is 1. The molecule has 0 aliphatic carbocycles. The monoisotopic (exact) mass is 377 g/mol. The lowest BCUT2D eigenvalue weighted by Crippen LogP contribution is -2.26. The van der Waals surface area contributed by atoms with Gasteiger partial charge in [-0.05, 0) is 54.3 Å². The van der Waals surface area contributed by atoms with Crippen molar-refractivity contribution >= 4 is 29.0 Å². The topological polar surface area (TPSA) is 45.2 Å². The third-order valence-electron chi connectivity index (χ3n) is 4.78. The van der Waals surface area contributed by atoms with Crippen LogP contribution in [-0.2, 0) is 12.8 Å². The molecule has 0 bridgehead atoms. The number of aromatic nitrogens is 1. The zero-order valence-corrected chi connectivity index (χ0v) is 15.6. The van der Waals surface area contributed by atoms with Crippen LogP contribution in [0.2, 0.25) is 5.02 Å². The Kier molecular flexibility index (Phi) is 5.07. The van der Waals surface area contributed by atoms with Crippen LogP contribution in [0.3, 0.4) is 0 Å². The predicted octanol–water partition coefficient (Wildman–Crippen LogP) is 4.40. The van der Waals surface area contributed by atoms with Crippen LogP contribution in [0.5, 0.6) is 0 Å². The predicted molar refractivity (Wildman–Crippen MR) is 109 cm³/mol. The molecule has 0 spiro atoms. The highest BCUT2D eigenvalue weighted by molar-refractivity contribution is 6.30. The molecule has 1 aliphatic rings. The van der Waals surface area contributed by atoms with Gasteiger partial charge in [0.1, 0.15) is 5.82 Å². The molecule has 0 saturated heterocycles. The minimum absolute atomic E-state index is 0.0832. The molecule has 4 nitrogen and oxygen atoms in total. The highest BCUT2D eigenvalue weighted by Gasteiger charge is 2.21. The Bertz CT molecular complexity index is 956. The zero-order chi connectivity index (χ0) is 18.6. The second-order valence-corrected chi connectivity index (χ2v) is 7.00. The summed E-state index contributed by atoms with van der Waals surface area (Å²) in [6.45, 7) is 1.46. The minimum Gasteiger partial charge on any atom is -0.352 e. The Morgan fingerprint density at radius 1 is 1.11 bits per heavy atom. The Morgan fingerprint density at radius 3 is 2.78 bits per heavy atom. The fourth-order valence-corrected chi connectivity index (χ4v) is 3.48. The van der Waals surface area contributed by atoms with Crippen molar-refractivity contribution in [2.24, 2.45) is 0 Å². The fourth-order valence-electron chi connectivity index (χ4n) is 3.36. The summed E-state index contributed by atoms with van der Waals surface area (Å²) in [7, 11) is 0. The van der Waals surface area contributed by atoms with E-state index in [2.05, 4.69) is 33.4 Å². The number of rotatable bonds is 5. The molecule has 27 heavy (non-hydrogen) atoms. The van der Waals surface area contributed by atoms with Crippen LogP contribution in [0.25, 0.3) is 0 Å². The van der Waals surface area contributed by atoms with Crippen LogP contribution >= 0.6 is 11.6 Å². The lowest BCUT2D eigenvalue weighted by Gasteiger charge is -2.18. The number of hydrogen-bond acceptors (Lipinski definition) is 3. The molecular formula is C22H20ClN3O. The number of para-hydroxylation sites is 1. The first-order valence-corrected chi connectivity index (χ1v) is 9.43. The SMILES string of the molecule is O=C(NCCc1ccc(Cl)cc1)c1ccnc(N2CCc3ccccc32)c1. The van der Waals surface area contributed by atoms with Gasteiger partial charge in [0.25, 0.3) is 5.91 Å². The van der Waals surface area contributed by atoms with Crippen LogP contribution in [-0.4, -0.2) is 24.0 Å². The summed E-state index contributed by atoms with van der Waals surface area (Å²) in [6.07, 6.45) is 3.46. The van der Waals surface area contributed by atoms with Gasteiger partial charge in [-0.1, -0.05) is 41.9 Å². The molecule has 1 amide bonds. The van der Waals surface area contributed by atoms with Gasteiger partial charge in [0, 0.05) is 35.6 Å². The number of carbonyl (C=O) groups is 1. The first kappa shape index (κ1) is 17.6. The molecule has 1 aliphatic heterocycles. The average molecular weight is 378 g/mol. The van der Waals surface area contributed by atoms with E-state index in [1.165, 1.54) is 11.3 Å².